The van der Waals surface area contributed by atoms with Crippen LogP contribution in [0.25, 0.3) is 0 Å². The van der Waals surface area contributed by atoms with Crippen LogP contribution in [0.4, 0.5) is 5.69 Å². The first-order valence-electron chi connectivity index (χ1n) is 6.37. The Bertz CT molecular complexity index is 538. The Labute approximate surface area is 114 Å². The van der Waals surface area contributed by atoms with Gasteiger partial charge in [0, 0.05) is 32.4 Å². The molecule has 19 heavy (non-hydrogen) atoms. The number of anilines is 1. The molecule has 2 aromatic rings. The summed E-state index contributed by atoms with van der Waals surface area (Å²) in [6, 6.07) is 16.2. The van der Waals surface area contributed by atoms with Crippen LogP contribution in [-0.2, 0) is 13.2 Å². The number of ether oxygens (including phenoxy) is 1. The summed E-state index contributed by atoms with van der Waals surface area (Å²) in [6.45, 7) is 1.12. The molecule has 0 saturated carbocycles. The summed E-state index contributed by atoms with van der Waals surface area (Å²) in [5.74, 6) is 0.879. The van der Waals surface area contributed by atoms with E-state index in [1.165, 1.54) is 0 Å². The summed E-state index contributed by atoms with van der Waals surface area (Å²) in [4.78, 5) is 2.06. The van der Waals surface area contributed by atoms with Gasteiger partial charge in [-0.1, -0.05) is 30.3 Å². The molecule has 0 amide bonds. The number of hydrogen-bond acceptors (Lipinski definition) is 3. The molecular formula is C16H20N2O. The summed E-state index contributed by atoms with van der Waals surface area (Å²) in [5.41, 5.74) is 9.03. The molecule has 0 bridgehead atoms. The molecular weight excluding hydrogens is 236 g/mol. The minimum atomic E-state index is 0.559. The lowest BCUT2D eigenvalue weighted by atomic mass is 10.1. The van der Waals surface area contributed by atoms with Gasteiger partial charge in [0.2, 0.25) is 0 Å². The Morgan fingerprint density at radius 1 is 1.00 bits per heavy atom. The molecule has 0 heterocycles. The number of benzene rings is 2. The van der Waals surface area contributed by atoms with Gasteiger partial charge in [-0.05, 0) is 23.3 Å². The maximum atomic E-state index is 5.81. The van der Waals surface area contributed by atoms with Crippen molar-refractivity contribution >= 4 is 5.69 Å². The Hall–Kier alpha value is -2.00. The van der Waals surface area contributed by atoms with E-state index in [1.54, 1.807) is 0 Å². The third kappa shape index (κ3) is 3.73. The Morgan fingerprint density at radius 3 is 2.47 bits per heavy atom. The highest BCUT2D eigenvalue weighted by Gasteiger charge is 2.00. The maximum Gasteiger partial charge on any atom is 0.121 e. The van der Waals surface area contributed by atoms with Crippen molar-refractivity contribution in [2.24, 2.45) is 5.73 Å². The second-order valence-electron chi connectivity index (χ2n) is 4.70. The quantitative estimate of drug-likeness (QED) is 0.894. The van der Waals surface area contributed by atoms with Crippen molar-refractivity contribution in [3.05, 3.63) is 59.7 Å². The topological polar surface area (TPSA) is 38.5 Å². The third-order valence-electron chi connectivity index (χ3n) is 2.97. The molecule has 0 aliphatic carbocycles. The second kappa shape index (κ2) is 6.25. The summed E-state index contributed by atoms with van der Waals surface area (Å²) in [7, 11) is 4.04. The number of nitrogens with two attached hydrogens (primary N) is 1. The molecule has 3 heteroatoms. The van der Waals surface area contributed by atoms with Gasteiger partial charge in [-0.25, -0.2) is 0 Å². The first-order chi connectivity index (χ1) is 9.19. The molecule has 0 saturated heterocycles. The van der Waals surface area contributed by atoms with Gasteiger partial charge >= 0.3 is 0 Å². The van der Waals surface area contributed by atoms with Crippen molar-refractivity contribution in [3.63, 3.8) is 0 Å². The molecule has 0 spiro atoms. The molecule has 0 atom stereocenters. The van der Waals surface area contributed by atoms with Crippen LogP contribution < -0.4 is 15.4 Å². The molecule has 2 aromatic carbocycles. The zero-order valence-corrected chi connectivity index (χ0v) is 11.5. The van der Waals surface area contributed by atoms with Crippen LogP contribution >= 0.6 is 0 Å². The zero-order chi connectivity index (χ0) is 13.7. The highest BCUT2D eigenvalue weighted by Crippen LogP contribution is 2.20. The Balaban J connectivity index is 2.03. The lowest BCUT2D eigenvalue weighted by molar-refractivity contribution is 0.306. The fraction of sp³-hybridized carbons (Fsp3) is 0.250. The summed E-state index contributed by atoms with van der Waals surface area (Å²) in [6.07, 6.45) is 0. The average molecular weight is 256 g/mol. The van der Waals surface area contributed by atoms with Gasteiger partial charge in [-0.3, -0.25) is 0 Å². The molecule has 100 valence electrons. The maximum absolute atomic E-state index is 5.81. The van der Waals surface area contributed by atoms with E-state index in [4.69, 9.17) is 10.5 Å². The van der Waals surface area contributed by atoms with E-state index in [0.717, 1.165) is 22.6 Å². The molecule has 0 unspecified atom stereocenters. The minimum Gasteiger partial charge on any atom is -0.489 e. The number of rotatable bonds is 5. The lowest BCUT2D eigenvalue weighted by Crippen LogP contribution is -2.08. The smallest absolute Gasteiger partial charge is 0.121 e. The van der Waals surface area contributed by atoms with Crippen LogP contribution in [0.15, 0.2) is 48.5 Å². The number of hydrogen-bond donors (Lipinski definition) is 1. The van der Waals surface area contributed by atoms with Gasteiger partial charge in [0.1, 0.15) is 12.4 Å². The SMILES string of the molecule is CN(C)c1cccc(OCc2cccc(CN)c2)c1. The zero-order valence-electron chi connectivity index (χ0n) is 11.5. The van der Waals surface area contributed by atoms with Gasteiger partial charge in [0.15, 0.2) is 0 Å². The van der Waals surface area contributed by atoms with Crippen molar-refractivity contribution in [2.75, 3.05) is 19.0 Å². The van der Waals surface area contributed by atoms with Crippen LogP contribution in [0.5, 0.6) is 5.75 Å². The van der Waals surface area contributed by atoms with Gasteiger partial charge < -0.3 is 15.4 Å². The monoisotopic (exact) mass is 256 g/mol. The highest BCUT2D eigenvalue weighted by atomic mass is 16.5. The van der Waals surface area contributed by atoms with Crippen molar-refractivity contribution in [3.8, 4) is 5.75 Å². The van der Waals surface area contributed by atoms with Gasteiger partial charge in [0.05, 0.1) is 0 Å². The first-order valence-corrected chi connectivity index (χ1v) is 6.37. The Kier molecular flexibility index (Phi) is 4.42. The predicted molar refractivity (Wildman–Crippen MR) is 79.4 cm³/mol. The molecule has 0 aliphatic rings. The summed E-state index contributed by atoms with van der Waals surface area (Å²) in [5, 5.41) is 0. The molecule has 0 radical (unpaired) electrons. The van der Waals surface area contributed by atoms with E-state index >= 15 is 0 Å². The fourth-order valence-electron chi connectivity index (χ4n) is 1.86. The fourth-order valence-corrected chi connectivity index (χ4v) is 1.86. The molecule has 3 nitrogen and oxygen atoms in total. The van der Waals surface area contributed by atoms with Crippen molar-refractivity contribution in [1.29, 1.82) is 0 Å². The van der Waals surface area contributed by atoms with E-state index in [0.29, 0.717) is 13.2 Å². The largest absolute Gasteiger partial charge is 0.489 e. The molecule has 2 rings (SSSR count). The first kappa shape index (κ1) is 13.4. The van der Waals surface area contributed by atoms with E-state index in [9.17, 15) is 0 Å². The average Bonchev–Trinajstić information content (AvgIpc) is 2.45. The highest BCUT2D eigenvalue weighted by molar-refractivity contribution is 5.49. The molecule has 0 aromatic heterocycles. The van der Waals surface area contributed by atoms with Crippen LogP contribution in [0.1, 0.15) is 11.1 Å². The normalized spacial score (nSPS) is 10.3. The van der Waals surface area contributed by atoms with E-state index in [2.05, 4.69) is 23.1 Å². The lowest BCUT2D eigenvalue weighted by Gasteiger charge is -2.14. The van der Waals surface area contributed by atoms with E-state index < -0.39 is 0 Å². The van der Waals surface area contributed by atoms with E-state index in [1.807, 2.05) is 44.4 Å². The van der Waals surface area contributed by atoms with Gasteiger partial charge in [0.25, 0.3) is 0 Å². The molecule has 2 N–H and O–H groups in total. The second-order valence-corrected chi connectivity index (χ2v) is 4.70. The van der Waals surface area contributed by atoms with Crippen LogP contribution in [0.2, 0.25) is 0 Å². The van der Waals surface area contributed by atoms with Crippen molar-refractivity contribution in [1.82, 2.24) is 0 Å². The number of nitrogens with zero attached hydrogens (tertiary/aromatic N) is 1. The van der Waals surface area contributed by atoms with Gasteiger partial charge in [-0.15, -0.1) is 0 Å². The third-order valence-corrected chi connectivity index (χ3v) is 2.97. The van der Waals surface area contributed by atoms with Crippen molar-refractivity contribution in [2.45, 2.75) is 13.2 Å². The van der Waals surface area contributed by atoms with Crippen LogP contribution in [0, 0.1) is 0 Å². The molecule has 0 aliphatic heterocycles. The van der Waals surface area contributed by atoms with Crippen LogP contribution in [-0.4, -0.2) is 14.1 Å². The Morgan fingerprint density at radius 2 is 1.74 bits per heavy atom. The molecule has 0 fully saturated rings. The standard InChI is InChI=1S/C16H20N2O/c1-18(2)15-7-4-8-16(10-15)19-12-14-6-3-5-13(9-14)11-17/h3-10H,11-12,17H2,1-2H3. The van der Waals surface area contributed by atoms with Crippen LogP contribution in [0.3, 0.4) is 0 Å². The van der Waals surface area contributed by atoms with Crippen molar-refractivity contribution < 1.29 is 4.74 Å². The van der Waals surface area contributed by atoms with Gasteiger partial charge in [-0.2, -0.15) is 0 Å². The summed E-state index contributed by atoms with van der Waals surface area (Å²) < 4.78 is 5.81. The predicted octanol–water partition coefficient (Wildman–Crippen LogP) is 2.79. The summed E-state index contributed by atoms with van der Waals surface area (Å²) >= 11 is 0. The van der Waals surface area contributed by atoms with E-state index in [-0.39, 0.29) is 0 Å². The minimum absolute atomic E-state index is 0.559.